The van der Waals surface area contributed by atoms with Gasteiger partial charge in [-0.15, -0.1) is 0 Å². The van der Waals surface area contributed by atoms with Gasteiger partial charge in [-0.2, -0.15) is 0 Å². The molecule has 0 rings (SSSR count). The van der Waals surface area contributed by atoms with Gasteiger partial charge in [-0.1, -0.05) is 0 Å². The van der Waals surface area contributed by atoms with Gasteiger partial charge < -0.3 is 0 Å². The molecule has 0 radical (unpaired) electrons. The normalized spacial score (nSPS) is 5.25. The summed E-state index contributed by atoms with van der Waals surface area (Å²) >= 11 is 6.59. The van der Waals surface area contributed by atoms with Crippen LogP contribution in [0.1, 0.15) is 0 Å². The summed E-state index contributed by atoms with van der Waals surface area (Å²) in [6, 6.07) is 0.938. The van der Waals surface area contributed by atoms with E-state index in [4.69, 9.17) is 0 Å². The quantitative estimate of drug-likeness (QED) is 0.334. The Labute approximate surface area is 52.2 Å². The van der Waals surface area contributed by atoms with Gasteiger partial charge in [0.1, 0.15) is 0 Å². The molecule has 20 valence electrons. The van der Waals surface area contributed by atoms with Crippen LogP contribution in [0.25, 0.3) is 0 Å². The second-order valence-corrected chi connectivity index (χ2v) is 3.82. The van der Waals surface area contributed by atoms with Crippen LogP contribution in [-0.2, 0) is 11.8 Å². The molecule has 0 aliphatic rings. The molecule has 0 saturated heterocycles. The Morgan fingerprint density at radius 2 is 1.75 bits per heavy atom. The van der Waals surface area contributed by atoms with Crippen molar-refractivity contribution in [2.75, 3.05) is 0 Å². The van der Waals surface area contributed by atoms with Crippen LogP contribution >= 0.6 is 6.05 Å². The second kappa shape index (κ2) is 8.82. The maximum atomic E-state index is 4.34. The molecule has 0 spiro atoms. The van der Waals surface area contributed by atoms with Crippen LogP contribution < -0.4 is 0 Å². The topological polar surface area (TPSA) is 0 Å². The van der Waals surface area contributed by atoms with Crippen molar-refractivity contribution in [3.8, 4) is 0 Å². The molecule has 0 atom stereocenters. The van der Waals surface area contributed by atoms with Crippen molar-refractivity contribution in [1.82, 2.24) is 0 Å². The fraction of sp³-hybridized carbons (Fsp3) is 0. The Balaban J connectivity index is 0. The molecular formula is H2LiPSSe. The molecule has 0 nitrogen and oxygen atoms in total. The van der Waals surface area contributed by atoms with Crippen LogP contribution in [0.2, 0.25) is 0 Å². The molecule has 4 heteroatoms. The molecule has 4 heavy (non-hydrogen) atoms. The van der Waals surface area contributed by atoms with Gasteiger partial charge in [0, 0.05) is 0 Å². The zero-order chi connectivity index (χ0) is 2.71. The average molecular weight is 151 g/mol. The summed E-state index contributed by atoms with van der Waals surface area (Å²) in [6.45, 7) is 0. The predicted molar refractivity (Wildman–Crippen MR) is 28.6 cm³/mol. The fourth-order valence-electron chi connectivity index (χ4n) is 0. The summed E-state index contributed by atoms with van der Waals surface area (Å²) in [7, 11) is 0. The third-order valence-electron chi connectivity index (χ3n) is 0. The van der Waals surface area contributed by atoms with Crippen LogP contribution in [0.3, 0.4) is 0 Å². The summed E-state index contributed by atoms with van der Waals surface area (Å²) < 4.78 is 0. The zero-order valence-electron chi connectivity index (χ0n) is 1.30. The summed E-state index contributed by atoms with van der Waals surface area (Å²) in [6.07, 6.45) is 0. The van der Waals surface area contributed by atoms with Crippen molar-refractivity contribution in [3.63, 3.8) is 0 Å². The SMILES string of the molecule is S=P[SeH].[LiH]. The molecule has 0 bridgehead atoms. The Morgan fingerprint density at radius 3 is 1.75 bits per heavy atom. The van der Waals surface area contributed by atoms with Gasteiger partial charge in [-0.05, 0) is 0 Å². The van der Waals surface area contributed by atoms with Gasteiger partial charge in [-0.3, -0.25) is 0 Å². The second-order valence-electron chi connectivity index (χ2n) is 0.0816. The van der Waals surface area contributed by atoms with Crippen LogP contribution in [0, 0.1) is 0 Å². The Bertz CT molecular complexity index is 15.5. The van der Waals surface area contributed by atoms with Gasteiger partial charge in [0.25, 0.3) is 0 Å². The van der Waals surface area contributed by atoms with Gasteiger partial charge in [0.2, 0.25) is 0 Å². The molecule has 0 fully saturated rings. The predicted octanol–water partition coefficient (Wildman–Crippen LogP) is -0.438. The first-order chi connectivity index (χ1) is 1.41. The van der Waals surface area contributed by atoms with E-state index in [-0.39, 0.29) is 18.9 Å². The molecule has 0 aromatic carbocycles. The third-order valence-corrected chi connectivity index (χ3v) is 0. The number of rotatable bonds is 0. The van der Waals surface area contributed by atoms with E-state index >= 15 is 0 Å². The van der Waals surface area contributed by atoms with Gasteiger partial charge in [-0.25, -0.2) is 0 Å². The van der Waals surface area contributed by atoms with Gasteiger partial charge in [0.05, 0.1) is 0 Å². The first-order valence-corrected chi connectivity index (χ1v) is 4.76. The number of hydrogen-bond donors (Lipinski definition) is 0. The minimum atomic E-state index is 0. The van der Waals surface area contributed by atoms with Crippen LogP contribution in [0.15, 0.2) is 0 Å². The molecule has 0 N–H and O–H groups in total. The number of hydrogen-bond acceptors (Lipinski definition) is 1. The fourth-order valence-corrected chi connectivity index (χ4v) is 0. The average Bonchev–Trinajstić information content (AvgIpc) is 0.918. The third kappa shape index (κ3) is 9.44. The standard InChI is InChI=1S/Li.HPSSe.H/c;2-1-3;/h;(H,2,3);. The van der Waals surface area contributed by atoms with Crippen molar-refractivity contribution >= 4 is 52.3 Å². The zero-order valence-corrected chi connectivity index (χ0v) is 4.89. The summed E-state index contributed by atoms with van der Waals surface area (Å²) in [5.74, 6) is 0. The van der Waals surface area contributed by atoms with Crippen molar-refractivity contribution in [2.24, 2.45) is 0 Å². The molecular weight excluding hydrogens is 149 g/mol. The van der Waals surface area contributed by atoms with E-state index in [2.05, 4.69) is 27.4 Å². The Hall–Kier alpha value is 1.64. The van der Waals surface area contributed by atoms with E-state index in [1.165, 1.54) is 0 Å². The van der Waals surface area contributed by atoms with E-state index in [0.717, 1.165) is 6.05 Å². The van der Waals surface area contributed by atoms with Crippen LogP contribution in [0.5, 0.6) is 0 Å². The van der Waals surface area contributed by atoms with Gasteiger partial charge in [0.15, 0.2) is 0 Å². The van der Waals surface area contributed by atoms with Gasteiger partial charge >= 0.3 is 52.3 Å². The van der Waals surface area contributed by atoms with Crippen LogP contribution in [0.4, 0.5) is 0 Å². The van der Waals surface area contributed by atoms with E-state index in [0.29, 0.717) is 0 Å². The first-order valence-electron chi connectivity index (χ1n) is 0.383. The van der Waals surface area contributed by atoms with Crippen molar-refractivity contribution < 1.29 is 0 Å². The first kappa shape index (κ1) is 9.16. The summed E-state index contributed by atoms with van der Waals surface area (Å²) in [5.41, 5.74) is 0. The maximum absolute atomic E-state index is 4.34. The molecule has 0 saturated carbocycles. The Morgan fingerprint density at radius 1 is 1.75 bits per heavy atom. The van der Waals surface area contributed by atoms with Crippen molar-refractivity contribution in [3.05, 3.63) is 0 Å². The molecule has 0 amide bonds. The monoisotopic (exact) mass is 152 g/mol. The van der Waals surface area contributed by atoms with Crippen LogP contribution in [-0.4, -0.2) is 34.4 Å². The molecule has 0 aliphatic carbocycles. The summed E-state index contributed by atoms with van der Waals surface area (Å²) in [5, 5.41) is 0. The van der Waals surface area contributed by atoms with E-state index < -0.39 is 0 Å². The Kier molecular flexibility index (Phi) is 20.2. The molecule has 0 aromatic heterocycles. The van der Waals surface area contributed by atoms with E-state index in [1.54, 1.807) is 0 Å². The molecule has 0 heterocycles. The molecule has 0 aromatic rings. The molecule has 0 aliphatic heterocycles. The van der Waals surface area contributed by atoms with Crippen molar-refractivity contribution in [2.45, 2.75) is 0 Å². The minimum absolute atomic E-state index is 0. The molecule has 0 unspecified atom stereocenters. The van der Waals surface area contributed by atoms with E-state index in [9.17, 15) is 0 Å². The van der Waals surface area contributed by atoms with Crippen molar-refractivity contribution in [1.29, 1.82) is 0 Å². The van der Waals surface area contributed by atoms with E-state index in [1.807, 2.05) is 0 Å². The summed E-state index contributed by atoms with van der Waals surface area (Å²) in [4.78, 5) is 0.